The maximum absolute atomic E-state index is 12.5. The van der Waals surface area contributed by atoms with Gasteiger partial charge in [-0.1, -0.05) is 18.3 Å². The summed E-state index contributed by atoms with van der Waals surface area (Å²) in [5.41, 5.74) is 13.1. The van der Waals surface area contributed by atoms with Gasteiger partial charge in [0.15, 0.2) is 5.03 Å². The number of aliphatic imine (C=N–C) groups is 1. The van der Waals surface area contributed by atoms with Gasteiger partial charge >= 0.3 is 5.97 Å². The highest BCUT2D eigenvalue weighted by atomic mass is 16.7. The van der Waals surface area contributed by atoms with Crippen LogP contribution in [0.2, 0.25) is 0 Å². The highest BCUT2D eigenvalue weighted by Gasteiger charge is 2.25. The second kappa shape index (κ2) is 13.7. The summed E-state index contributed by atoms with van der Waals surface area (Å²) >= 11 is 0. The number of nitrogens with two attached hydrogens (primary N) is 2. The van der Waals surface area contributed by atoms with Gasteiger partial charge in [-0.15, -0.1) is 0 Å². The Morgan fingerprint density at radius 1 is 1.31 bits per heavy atom. The number of unbranched alkanes of at least 4 members (excludes halogenated alkanes) is 1. The summed E-state index contributed by atoms with van der Waals surface area (Å²) in [6.45, 7) is 3.90. The zero-order valence-corrected chi connectivity index (χ0v) is 17.2. The highest BCUT2D eigenvalue weighted by Crippen LogP contribution is 2.23. The summed E-state index contributed by atoms with van der Waals surface area (Å²) in [5.74, 6) is 0.110. The van der Waals surface area contributed by atoms with Gasteiger partial charge in [0.25, 0.3) is 5.96 Å². The van der Waals surface area contributed by atoms with E-state index in [1.54, 1.807) is 12.3 Å². The molecule has 1 rings (SSSR count). The number of hydrogen-bond acceptors (Lipinski definition) is 7. The number of likely N-dealkylation sites (tertiary alicyclic amines) is 1. The number of carbonyl (C=O) groups is 2. The zero-order valence-electron chi connectivity index (χ0n) is 17.2. The second-order valence-electron chi connectivity index (χ2n) is 7.20. The second-order valence-corrected chi connectivity index (χ2v) is 7.20. The quantitative estimate of drug-likeness (QED) is 0.104. The molecule has 0 spiro atoms. The third-order valence-corrected chi connectivity index (χ3v) is 4.95. The number of guanidine groups is 1. The first-order chi connectivity index (χ1) is 13.8. The Hall–Kier alpha value is -2.43. The fourth-order valence-electron chi connectivity index (χ4n) is 3.38. The lowest BCUT2D eigenvalue weighted by molar-refractivity contribution is -0.525. The van der Waals surface area contributed by atoms with Crippen molar-refractivity contribution in [2.45, 2.75) is 64.3 Å². The van der Waals surface area contributed by atoms with Gasteiger partial charge in [-0.3, -0.25) is 9.59 Å². The summed E-state index contributed by atoms with van der Waals surface area (Å²) in [6, 6.07) is -0.601. The van der Waals surface area contributed by atoms with Crippen LogP contribution < -0.4 is 16.9 Å². The Morgan fingerprint density at radius 3 is 2.62 bits per heavy atom. The molecule has 0 bridgehead atoms. The van der Waals surface area contributed by atoms with Crippen molar-refractivity contribution in [3.05, 3.63) is 10.1 Å². The first-order valence-corrected chi connectivity index (χ1v) is 10.2. The molecule has 0 aromatic heterocycles. The Bertz CT molecular complexity index is 563. The largest absolute Gasteiger partial charge is 0.466 e. The molecular weight excluding hydrogens is 380 g/mol. The maximum Gasteiger partial charge on any atom is 0.305 e. The van der Waals surface area contributed by atoms with Gasteiger partial charge in [0, 0.05) is 26.1 Å². The molecule has 0 aliphatic carbocycles. The van der Waals surface area contributed by atoms with Crippen LogP contribution in [0.3, 0.4) is 0 Å². The fraction of sp³-hybridized carbons (Fsp3) is 0.833. The summed E-state index contributed by atoms with van der Waals surface area (Å²) in [4.78, 5) is 39.6. The molecule has 1 saturated heterocycles. The summed E-state index contributed by atoms with van der Waals surface area (Å²) in [5, 5.41) is 9.43. The van der Waals surface area contributed by atoms with E-state index in [4.69, 9.17) is 16.2 Å². The van der Waals surface area contributed by atoms with Crippen LogP contribution in [0.1, 0.15) is 58.3 Å². The molecular formula is C18H34N6O5. The minimum absolute atomic E-state index is 0.0638. The molecule has 0 radical (unpaired) electrons. The third kappa shape index (κ3) is 10.6. The SMILES string of the molecule is CCOC(=O)CCCCC1CCN(C(=O)[C@@H](N)CCCN=C(N)N[N+](=O)[O-])CC1. The van der Waals surface area contributed by atoms with Crippen molar-refractivity contribution in [1.29, 1.82) is 0 Å². The predicted octanol–water partition coefficient (Wildman–Crippen LogP) is 0.552. The van der Waals surface area contributed by atoms with Crippen molar-refractivity contribution in [1.82, 2.24) is 10.3 Å². The molecule has 11 nitrogen and oxygen atoms in total. The molecule has 0 unspecified atom stereocenters. The molecule has 11 heteroatoms. The van der Waals surface area contributed by atoms with Gasteiger partial charge < -0.3 is 21.1 Å². The number of amides is 1. The van der Waals surface area contributed by atoms with Gasteiger partial charge in [0.05, 0.1) is 12.6 Å². The van der Waals surface area contributed by atoms with Crippen LogP contribution in [-0.2, 0) is 14.3 Å². The molecule has 0 aromatic carbocycles. The monoisotopic (exact) mass is 414 g/mol. The Balaban J connectivity index is 2.19. The number of esters is 1. The Morgan fingerprint density at radius 2 is 2.00 bits per heavy atom. The van der Waals surface area contributed by atoms with Crippen LogP contribution in [0.25, 0.3) is 0 Å². The Labute approximate surface area is 171 Å². The molecule has 1 atom stereocenters. The molecule has 1 fully saturated rings. The number of rotatable bonds is 12. The maximum atomic E-state index is 12.5. The van der Waals surface area contributed by atoms with Crippen molar-refractivity contribution in [2.75, 3.05) is 26.2 Å². The molecule has 1 amide bonds. The lowest BCUT2D eigenvalue weighted by atomic mass is 9.91. The van der Waals surface area contributed by atoms with Crippen molar-refractivity contribution < 1.29 is 19.4 Å². The normalized spacial score (nSPS) is 16.3. The molecule has 166 valence electrons. The smallest absolute Gasteiger partial charge is 0.305 e. The number of hydrazine groups is 1. The standard InChI is InChI=1S/C18H34N6O5/c1-2-29-16(25)8-4-3-6-14-9-12-23(13-10-14)17(26)15(19)7-5-11-21-18(20)22-24(27)28/h14-15H,2-13,19H2,1H3,(H3,20,21,22)/t15-/m0/s1. The van der Waals surface area contributed by atoms with E-state index in [0.29, 0.717) is 44.9 Å². The van der Waals surface area contributed by atoms with E-state index in [9.17, 15) is 19.7 Å². The molecule has 0 saturated carbocycles. The van der Waals surface area contributed by atoms with E-state index in [-0.39, 0.29) is 24.4 Å². The molecule has 29 heavy (non-hydrogen) atoms. The topological polar surface area (TPSA) is 166 Å². The number of nitrogens with zero attached hydrogens (tertiary/aromatic N) is 3. The van der Waals surface area contributed by atoms with E-state index < -0.39 is 11.1 Å². The number of ether oxygens (including phenoxy) is 1. The summed E-state index contributed by atoms with van der Waals surface area (Å²) < 4.78 is 4.92. The van der Waals surface area contributed by atoms with Crippen molar-refractivity contribution in [3.8, 4) is 0 Å². The van der Waals surface area contributed by atoms with E-state index in [2.05, 4.69) is 4.99 Å². The number of hydrogen-bond donors (Lipinski definition) is 3. The molecule has 1 heterocycles. The van der Waals surface area contributed by atoms with E-state index in [1.165, 1.54) is 0 Å². The summed E-state index contributed by atoms with van der Waals surface area (Å²) in [7, 11) is 0. The minimum Gasteiger partial charge on any atom is -0.466 e. The van der Waals surface area contributed by atoms with Crippen molar-refractivity contribution in [3.63, 3.8) is 0 Å². The van der Waals surface area contributed by atoms with Gasteiger partial charge in [-0.25, -0.2) is 15.1 Å². The van der Waals surface area contributed by atoms with E-state index in [1.807, 2.05) is 4.90 Å². The van der Waals surface area contributed by atoms with Crippen LogP contribution in [0, 0.1) is 16.0 Å². The van der Waals surface area contributed by atoms with Crippen molar-refractivity contribution >= 4 is 17.8 Å². The molecule has 5 N–H and O–H groups in total. The number of nitrogens with one attached hydrogen (secondary N) is 1. The molecule has 1 aliphatic heterocycles. The van der Waals surface area contributed by atoms with Gasteiger partial charge in [0.1, 0.15) is 0 Å². The highest BCUT2D eigenvalue weighted by molar-refractivity contribution is 5.81. The number of piperidine rings is 1. The van der Waals surface area contributed by atoms with Gasteiger partial charge in [-0.2, -0.15) is 0 Å². The minimum atomic E-state index is -0.780. The Kier molecular flexibility index (Phi) is 11.6. The average Bonchev–Trinajstić information content (AvgIpc) is 2.68. The van der Waals surface area contributed by atoms with Crippen LogP contribution in [0.15, 0.2) is 4.99 Å². The van der Waals surface area contributed by atoms with Crippen LogP contribution >= 0.6 is 0 Å². The summed E-state index contributed by atoms with van der Waals surface area (Å²) in [6.07, 6.45) is 6.23. The molecule has 0 aromatic rings. The lowest BCUT2D eigenvalue weighted by Gasteiger charge is -2.33. The first-order valence-electron chi connectivity index (χ1n) is 10.2. The zero-order chi connectivity index (χ0) is 21.6. The van der Waals surface area contributed by atoms with Crippen LogP contribution in [-0.4, -0.2) is 60.1 Å². The lowest BCUT2D eigenvalue weighted by Crippen LogP contribution is -2.47. The van der Waals surface area contributed by atoms with Gasteiger partial charge in [0.2, 0.25) is 5.91 Å². The number of nitro groups is 1. The van der Waals surface area contributed by atoms with E-state index >= 15 is 0 Å². The van der Waals surface area contributed by atoms with Crippen LogP contribution in [0.4, 0.5) is 0 Å². The average molecular weight is 415 g/mol. The van der Waals surface area contributed by atoms with Crippen LogP contribution in [0.5, 0.6) is 0 Å². The molecule has 1 aliphatic rings. The van der Waals surface area contributed by atoms with Crippen molar-refractivity contribution in [2.24, 2.45) is 22.4 Å². The van der Waals surface area contributed by atoms with Gasteiger partial charge in [-0.05, 0) is 44.9 Å². The fourth-order valence-corrected chi connectivity index (χ4v) is 3.38. The third-order valence-electron chi connectivity index (χ3n) is 4.95. The number of carbonyl (C=O) groups excluding carboxylic acids is 2. The van der Waals surface area contributed by atoms with E-state index in [0.717, 1.165) is 32.1 Å². The first kappa shape index (κ1) is 24.6. The predicted molar refractivity (Wildman–Crippen MR) is 108 cm³/mol.